The van der Waals surface area contributed by atoms with E-state index in [1.54, 1.807) is 25.3 Å². The average molecular weight is 478 g/mol. The molecular formula is C15H12Br3NO2. The maximum Gasteiger partial charge on any atom is 0.257 e. The lowest BCUT2D eigenvalue weighted by atomic mass is 10.2. The van der Waals surface area contributed by atoms with E-state index in [1.165, 1.54) is 0 Å². The Morgan fingerprint density at radius 2 is 1.67 bits per heavy atom. The summed E-state index contributed by atoms with van der Waals surface area (Å²) in [5.41, 5.74) is 2.29. The number of methoxy groups -OCH3 is 1. The van der Waals surface area contributed by atoms with Crippen molar-refractivity contribution < 1.29 is 9.53 Å². The first-order chi connectivity index (χ1) is 9.92. The van der Waals surface area contributed by atoms with E-state index in [9.17, 15) is 4.79 Å². The highest BCUT2D eigenvalue weighted by Gasteiger charge is 2.15. The van der Waals surface area contributed by atoms with Crippen molar-refractivity contribution in [2.75, 3.05) is 12.4 Å². The van der Waals surface area contributed by atoms with Crippen LogP contribution >= 0.6 is 47.8 Å². The van der Waals surface area contributed by atoms with Crippen molar-refractivity contribution in [3.63, 3.8) is 0 Å². The molecular weight excluding hydrogens is 466 g/mol. The van der Waals surface area contributed by atoms with Gasteiger partial charge in [-0.15, -0.1) is 0 Å². The maximum atomic E-state index is 12.5. The quantitative estimate of drug-likeness (QED) is 0.630. The van der Waals surface area contributed by atoms with Crippen molar-refractivity contribution in [3.8, 4) is 5.75 Å². The Morgan fingerprint density at radius 1 is 1.05 bits per heavy atom. The highest BCUT2D eigenvalue weighted by atomic mass is 79.9. The van der Waals surface area contributed by atoms with Crippen molar-refractivity contribution in [2.24, 2.45) is 0 Å². The number of aryl methyl sites for hydroxylation is 1. The molecule has 0 aromatic heterocycles. The Labute approximate surface area is 148 Å². The number of rotatable bonds is 3. The van der Waals surface area contributed by atoms with Crippen LogP contribution in [0.3, 0.4) is 0 Å². The molecule has 1 N–H and O–H groups in total. The fourth-order valence-corrected chi connectivity index (χ4v) is 3.85. The van der Waals surface area contributed by atoms with E-state index in [1.807, 2.05) is 19.1 Å². The second-order valence-corrected chi connectivity index (χ2v) is 6.97. The number of hydrogen-bond acceptors (Lipinski definition) is 2. The molecule has 0 bridgehead atoms. The molecule has 2 rings (SSSR count). The Hall–Kier alpha value is -0.850. The van der Waals surface area contributed by atoms with Crippen molar-refractivity contribution in [1.82, 2.24) is 0 Å². The number of halogens is 3. The van der Waals surface area contributed by atoms with Gasteiger partial charge in [-0.05, 0) is 90.6 Å². The third-order valence-electron chi connectivity index (χ3n) is 2.84. The highest BCUT2D eigenvalue weighted by Crippen LogP contribution is 2.33. The van der Waals surface area contributed by atoms with Gasteiger partial charge in [-0.1, -0.05) is 0 Å². The van der Waals surface area contributed by atoms with E-state index in [2.05, 4.69) is 53.1 Å². The van der Waals surface area contributed by atoms with Crippen LogP contribution in [0, 0.1) is 6.92 Å². The second-order valence-electron chi connectivity index (χ2n) is 4.40. The lowest BCUT2D eigenvalue weighted by Crippen LogP contribution is -2.13. The average Bonchev–Trinajstić information content (AvgIpc) is 2.43. The summed E-state index contributed by atoms with van der Waals surface area (Å²) in [5.74, 6) is 0.413. The zero-order valence-corrected chi connectivity index (χ0v) is 16.1. The summed E-state index contributed by atoms with van der Waals surface area (Å²) in [6, 6.07) is 9.16. The molecule has 3 nitrogen and oxygen atoms in total. The van der Waals surface area contributed by atoms with Crippen LogP contribution in [0.15, 0.2) is 43.7 Å². The van der Waals surface area contributed by atoms with Gasteiger partial charge >= 0.3 is 0 Å². The fourth-order valence-electron chi connectivity index (χ4n) is 1.81. The van der Waals surface area contributed by atoms with Crippen molar-refractivity contribution in [2.45, 2.75) is 6.92 Å². The van der Waals surface area contributed by atoms with Gasteiger partial charge in [0.15, 0.2) is 0 Å². The summed E-state index contributed by atoms with van der Waals surface area (Å²) < 4.78 is 7.50. The van der Waals surface area contributed by atoms with Crippen LogP contribution in [0.5, 0.6) is 5.75 Å². The monoisotopic (exact) mass is 475 g/mol. The number of carbonyl (C=O) groups excluding carboxylic acids is 1. The lowest BCUT2D eigenvalue weighted by Gasteiger charge is -2.12. The van der Waals surface area contributed by atoms with Crippen LogP contribution in [-0.4, -0.2) is 13.0 Å². The molecule has 0 fully saturated rings. The Morgan fingerprint density at radius 3 is 2.24 bits per heavy atom. The molecule has 0 saturated carbocycles. The first kappa shape index (κ1) is 16.5. The van der Waals surface area contributed by atoms with Gasteiger partial charge < -0.3 is 10.1 Å². The lowest BCUT2D eigenvalue weighted by molar-refractivity contribution is 0.102. The molecule has 110 valence electrons. The Kier molecular flexibility index (Phi) is 5.46. The SMILES string of the molecule is COc1ccc(Br)c(C(=O)Nc2c(Br)cc(C)cc2Br)c1. The smallest absolute Gasteiger partial charge is 0.257 e. The summed E-state index contributed by atoms with van der Waals surface area (Å²) in [4.78, 5) is 12.5. The van der Waals surface area contributed by atoms with E-state index < -0.39 is 0 Å². The van der Waals surface area contributed by atoms with Gasteiger partial charge in [0.2, 0.25) is 0 Å². The fraction of sp³-hybridized carbons (Fsp3) is 0.133. The minimum Gasteiger partial charge on any atom is -0.497 e. The van der Waals surface area contributed by atoms with Crippen LogP contribution in [0.2, 0.25) is 0 Å². The number of benzene rings is 2. The van der Waals surface area contributed by atoms with Gasteiger partial charge in [0.05, 0.1) is 18.4 Å². The van der Waals surface area contributed by atoms with Gasteiger partial charge in [-0.2, -0.15) is 0 Å². The van der Waals surface area contributed by atoms with Crippen LogP contribution in [-0.2, 0) is 0 Å². The van der Waals surface area contributed by atoms with E-state index in [0.29, 0.717) is 21.5 Å². The minimum absolute atomic E-state index is 0.217. The molecule has 0 heterocycles. The standard InChI is InChI=1S/C15H12Br3NO2/c1-8-5-12(17)14(13(18)6-8)19-15(20)10-7-9(21-2)3-4-11(10)16/h3-7H,1-2H3,(H,19,20). The molecule has 6 heteroatoms. The minimum atomic E-state index is -0.217. The molecule has 0 atom stereocenters. The molecule has 0 aliphatic heterocycles. The van der Waals surface area contributed by atoms with E-state index in [4.69, 9.17) is 4.74 Å². The Balaban J connectivity index is 2.35. The van der Waals surface area contributed by atoms with Crippen LogP contribution in [0.1, 0.15) is 15.9 Å². The van der Waals surface area contributed by atoms with Crippen LogP contribution < -0.4 is 10.1 Å². The normalized spacial score (nSPS) is 10.3. The van der Waals surface area contributed by atoms with Crippen molar-refractivity contribution >= 4 is 59.4 Å². The topological polar surface area (TPSA) is 38.3 Å². The zero-order valence-electron chi connectivity index (χ0n) is 11.3. The van der Waals surface area contributed by atoms with Crippen LogP contribution in [0.4, 0.5) is 5.69 Å². The molecule has 0 spiro atoms. The summed E-state index contributed by atoms with van der Waals surface area (Å²) in [6.07, 6.45) is 0. The number of carbonyl (C=O) groups is 1. The summed E-state index contributed by atoms with van der Waals surface area (Å²) in [5, 5.41) is 2.90. The molecule has 0 radical (unpaired) electrons. The zero-order chi connectivity index (χ0) is 15.6. The van der Waals surface area contributed by atoms with Gasteiger partial charge in [-0.25, -0.2) is 0 Å². The molecule has 0 unspecified atom stereocenters. The van der Waals surface area contributed by atoms with Gasteiger partial charge in [0.25, 0.3) is 5.91 Å². The van der Waals surface area contributed by atoms with Gasteiger partial charge in [0, 0.05) is 13.4 Å². The highest BCUT2D eigenvalue weighted by molar-refractivity contribution is 9.11. The predicted molar refractivity (Wildman–Crippen MR) is 95.2 cm³/mol. The number of ether oxygens (including phenoxy) is 1. The molecule has 0 aliphatic rings. The first-order valence-electron chi connectivity index (χ1n) is 6.03. The summed E-state index contributed by atoms with van der Waals surface area (Å²) >= 11 is 10.3. The van der Waals surface area contributed by atoms with E-state index in [-0.39, 0.29) is 5.91 Å². The number of hydrogen-bond donors (Lipinski definition) is 1. The second kappa shape index (κ2) is 6.94. The number of nitrogens with one attached hydrogen (secondary N) is 1. The first-order valence-corrected chi connectivity index (χ1v) is 8.41. The number of amides is 1. The van der Waals surface area contributed by atoms with E-state index >= 15 is 0 Å². The molecule has 2 aromatic carbocycles. The predicted octanol–water partition coefficient (Wildman–Crippen LogP) is 5.54. The van der Waals surface area contributed by atoms with Gasteiger partial charge in [0.1, 0.15) is 5.75 Å². The summed E-state index contributed by atoms with van der Waals surface area (Å²) in [6.45, 7) is 1.99. The molecule has 0 aliphatic carbocycles. The molecule has 21 heavy (non-hydrogen) atoms. The largest absolute Gasteiger partial charge is 0.497 e. The number of anilines is 1. The Bertz CT molecular complexity index is 678. The maximum absolute atomic E-state index is 12.5. The molecule has 0 saturated heterocycles. The molecule has 2 aromatic rings. The molecule has 1 amide bonds. The summed E-state index contributed by atoms with van der Waals surface area (Å²) in [7, 11) is 1.57. The van der Waals surface area contributed by atoms with E-state index in [0.717, 1.165) is 14.5 Å². The van der Waals surface area contributed by atoms with Crippen molar-refractivity contribution in [1.29, 1.82) is 0 Å². The van der Waals surface area contributed by atoms with Gasteiger partial charge in [-0.3, -0.25) is 4.79 Å². The third-order valence-corrected chi connectivity index (χ3v) is 4.79. The van der Waals surface area contributed by atoms with Crippen LogP contribution in [0.25, 0.3) is 0 Å². The third kappa shape index (κ3) is 3.87. The van der Waals surface area contributed by atoms with Crippen molar-refractivity contribution in [3.05, 3.63) is 54.9 Å².